The molecule has 1 aliphatic carbocycles. The van der Waals surface area contributed by atoms with Crippen molar-refractivity contribution in [1.82, 2.24) is 4.90 Å². The predicted octanol–water partition coefficient (Wildman–Crippen LogP) is 0.360. The van der Waals surface area contributed by atoms with Crippen LogP contribution < -0.4 is 5.73 Å². The lowest BCUT2D eigenvalue weighted by Gasteiger charge is -2.39. The number of esters is 1. The van der Waals surface area contributed by atoms with Crippen molar-refractivity contribution < 1.29 is 14.6 Å². The van der Waals surface area contributed by atoms with E-state index in [1.165, 1.54) is 26.9 Å². The molecule has 0 amide bonds. The second-order valence-corrected chi connectivity index (χ2v) is 5.53. The molecule has 1 aliphatic rings. The van der Waals surface area contributed by atoms with Crippen LogP contribution in [0.2, 0.25) is 0 Å². The van der Waals surface area contributed by atoms with Crippen LogP contribution in [-0.4, -0.2) is 54.9 Å². The molecule has 0 aromatic rings. The average molecular weight is 258 g/mol. The number of rotatable bonds is 5. The van der Waals surface area contributed by atoms with Gasteiger partial charge in [-0.3, -0.25) is 4.90 Å². The van der Waals surface area contributed by atoms with E-state index >= 15 is 0 Å². The number of likely N-dealkylation sites (N-methyl/N-ethyl adjacent to an activating group) is 1. The van der Waals surface area contributed by atoms with Gasteiger partial charge in [0.15, 0.2) is 5.60 Å². The van der Waals surface area contributed by atoms with Crippen LogP contribution in [0.15, 0.2) is 0 Å². The first kappa shape index (κ1) is 15.4. The summed E-state index contributed by atoms with van der Waals surface area (Å²) in [6.45, 7) is 2.44. The van der Waals surface area contributed by atoms with E-state index in [0.29, 0.717) is 18.5 Å². The highest BCUT2D eigenvalue weighted by atomic mass is 16.5. The normalized spacial score (nSPS) is 27.9. The summed E-state index contributed by atoms with van der Waals surface area (Å²) in [5.41, 5.74) is 4.34. The molecule has 0 radical (unpaired) electrons. The third-order valence-corrected chi connectivity index (χ3v) is 3.92. The van der Waals surface area contributed by atoms with E-state index in [2.05, 4.69) is 4.74 Å². The smallest absolute Gasteiger partial charge is 0.338 e. The second kappa shape index (κ2) is 6.50. The van der Waals surface area contributed by atoms with E-state index in [1.807, 2.05) is 11.9 Å². The molecule has 1 fully saturated rings. The Labute approximate surface area is 109 Å². The third-order valence-electron chi connectivity index (χ3n) is 3.92. The summed E-state index contributed by atoms with van der Waals surface area (Å²) in [5, 5.41) is 10.1. The van der Waals surface area contributed by atoms with Gasteiger partial charge < -0.3 is 15.6 Å². The molecule has 0 aromatic carbocycles. The monoisotopic (exact) mass is 258 g/mol. The van der Waals surface area contributed by atoms with E-state index in [1.54, 1.807) is 0 Å². The van der Waals surface area contributed by atoms with Crippen LogP contribution in [-0.2, 0) is 9.53 Å². The summed E-state index contributed by atoms with van der Waals surface area (Å²) in [7, 11) is 3.23. The van der Waals surface area contributed by atoms with Crippen molar-refractivity contribution in [3.8, 4) is 0 Å². The Hall–Kier alpha value is -0.650. The summed E-state index contributed by atoms with van der Waals surface area (Å²) in [6, 6.07) is 0.347. The Morgan fingerprint density at radius 1 is 1.50 bits per heavy atom. The van der Waals surface area contributed by atoms with Gasteiger partial charge in [-0.25, -0.2) is 4.79 Å². The molecule has 3 N–H and O–H groups in total. The zero-order chi connectivity index (χ0) is 13.8. The van der Waals surface area contributed by atoms with E-state index in [4.69, 9.17) is 5.73 Å². The Morgan fingerprint density at radius 2 is 2.11 bits per heavy atom. The summed E-state index contributed by atoms with van der Waals surface area (Å²) >= 11 is 0. The summed E-state index contributed by atoms with van der Waals surface area (Å²) < 4.78 is 4.62. The first-order valence-electron chi connectivity index (χ1n) is 6.63. The molecular formula is C13H26N2O3. The molecule has 106 valence electrons. The molecule has 0 aliphatic heterocycles. The predicted molar refractivity (Wildman–Crippen MR) is 70.1 cm³/mol. The van der Waals surface area contributed by atoms with Gasteiger partial charge in [-0.1, -0.05) is 12.8 Å². The van der Waals surface area contributed by atoms with Crippen LogP contribution >= 0.6 is 0 Å². The Kier molecular flexibility index (Phi) is 5.56. The number of nitrogens with two attached hydrogens (primary N) is 1. The topological polar surface area (TPSA) is 75.8 Å². The number of carbonyl (C=O) groups is 1. The molecular weight excluding hydrogens is 232 g/mol. The van der Waals surface area contributed by atoms with Crippen LogP contribution in [0.4, 0.5) is 0 Å². The van der Waals surface area contributed by atoms with Crippen molar-refractivity contribution in [2.24, 2.45) is 11.7 Å². The van der Waals surface area contributed by atoms with Crippen LogP contribution in [0.25, 0.3) is 0 Å². The van der Waals surface area contributed by atoms with Gasteiger partial charge in [0, 0.05) is 12.6 Å². The minimum Gasteiger partial charge on any atom is -0.467 e. The molecule has 3 unspecified atom stereocenters. The number of hydrogen-bond acceptors (Lipinski definition) is 5. The lowest BCUT2D eigenvalue weighted by atomic mass is 9.83. The number of hydrogen-bond donors (Lipinski definition) is 2. The molecule has 3 atom stereocenters. The van der Waals surface area contributed by atoms with Gasteiger partial charge >= 0.3 is 5.97 Å². The fourth-order valence-corrected chi connectivity index (χ4v) is 2.93. The lowest BCUT2D eigenvalue weighted by Crippen LogP contribution is -2.52. The van der Waals surface area contributed by atoms with Crippen LogP contribution in [0.3, 0.4) is 0 Å². The van der Waals surface area contributed by atoms with Gasteiger partial charge in [-0.05, 0) is 39.3 Å². The van der Waals surface area contributed by atoms with Crippen molar-refractivity contribution in [3.05, 3.63) is 0 Å². The van der Waals surface area contributed by atoms with Gasteiger partial charge in [0.1, 0.15) is 0 Å². The maximum Gasteiger partial charge on any atom is 0.338 e. The van der Waals surface area contributed by atoms with E-state index in [0.717, 1.165) is 12.8 Å². The lowest BCUT2D eigenvalue weighted by molar-refractivity contribution is -0.162. The number of aliphatic hydroxyl groups is 1. The van der Waals surface area contributed by atoms with Crippen molar-refractivity contribution in [2.45, 2.75) is 44.2 Å². The Bertz CT molecular complexity index is 281. The highest BCUT2D eigenvalue weighted by molar-refractivity contribution is 5.78. The van der Waals surface area contributed by atoms with Crippen molar-refractivity contribution in [3.63, 3.8) is 0 Å². The quantitative estimate of drug-likeness (QED) is 0.696. The first-order valence-corrected chi connectivity index (χ1v) is 6.63. The zero-order valence-corrected chi connectivity index (χ0v) is 11.7. The SMILES string of the molecule is COC(=O)C(C)(O)CN(C)C1CCCCC1CN. The average Bonchev–Trinajstić information content (AvgIpc) is 2.36. The van der Waals surface area contributed by atoms with E-state index in [9.17, 15) is 9.90 Å². The van der Waals surface area contributed by atoms with Gasteiger partial charge in [0.2, 0.25) is 0 Å². The Morgan fingerprint density at radius 3 is 2.67 bits per heavy atom. The molecule has 0 heterocycles. The molecule has 5 nitrogen and oxygen atoms in total. The molecule has 0 saturated heterocycles. The second-order valence-electron chi connectivity index (χ2n) is 5.53. The zero-order valence-electron chi connectivity index (χ0n) is 11.7. The van der Waals surface area contributed by atoms with Crippen LogP contribution in [0.1, 0.15) is 32.6 Å². The number of nitrogens with zero attached hydrogens (tertiary/aromatic N) is 1. The molecule has 1 saturated carbocycles. The maximum atomic E-state index is 11.5. The fraction of sp³-hybridized carbons (Fsp3) is 0.923. The van der Waals surface area contributed by atoms with Gasteiger partial charge in [-0.15, -0.1) is 0 Å². The highest BCUT2D eigenvalue weighted by Gasteiger charge is 2.36. The standard InChI is InChI=1S/C13H26N2O3/c1-13(17,12(16)18-3)9-15(2)11-7-5-4-6-10(11)8-14/h10-11,17H,4-9,14H2,1-3H3. The largest absolute Gasteiger partial charge is 0.467 e. The molecule has 0 bridgehead atoms. The Balaban J connectivity index is 2.63. The maximum absolute atomic E-state index is 11.5. The fourth-order valence-electron chi connectivity index (χ4n) is 2.93. The summed E-state index contributed by atoms with van der Waals surface area (Å²) in [4.78, 5) is 13.5. The van der Waals surface area contributed by atoms with Crippen molar-refractivity contribution >= 4 is 5.97 Å². The molecule has 0 spiro atoms. The van der Waals surface area contributed by atoms with Crippen molar-refractivity contribution in [2.75, 3.05) is 27.2 Å². The van der Waals surface area contributed by atoms with Gasteiger partial charge in [-0.2, -0.15) is 0 Å². The number of ether oxygens (including phenoxy) is 1. The summed E-state index contributed by atoms with van der Waals surface area (Å²) in [5.74, 6) is -0.133. The first-order chi connectivity index (χ1) is 8.42. The minimum absolute atomic E-state index is 0.279. The van der Waals surface area contributed by atoms with Gasteiger partial charge in [0.25, 0.3) is 0 Å². The van der Waals surface area contributed by atoms with E-state index < -0.39 is 11.6 Å². The number of carbonyl (C=O) groups excluding carboxylic acids is 1. The van der Waals surface area contributed by atoms with Gasteiger partial charge in [0.05, 0.1) is 7.11 Å². The van der Waals surface area contributed by atoms with Crippen molar-refractivity contribution in [1.29, 1.82) is 0 Å². The molecule has 18 heavy (non-hydrogen) atoms. The van der Waals surface area contributed by atoms with E-state index in [-0.39, 0.29) is 6.54 Å². The number of methoxy groups -OCH3 is 1. The highest BCUT2D eigenvalue weighted by Crippen LogP contribution is 2.28. The van der Waals surface area contributed by atoms with Crippen LogP contribution in [0, 0.1) is 5.92 Å². The molecule has 0 aromatic heterocycles. The summed E-state index contributed by atoms with van der Waals surface area (Å²) in [6.07, 6.45) is 4.62. The molecule has 1 rings (SSSR count). The minimum atomic E-state index is -1.46. The van der Waals surface area contributed by atoms with Crippen LogP contribution in [0.5, 0.6) is 0 Å². The third kappa shape index (κ3) is 3.67. The molecule has 5 heteroatoms.